The van der Waals surface area contributed by atoms with E-state index in [4.69, 9.17) is 9.47 Å². The highest BCUT2D eigenvalue weighted by atomic mass is 16.5. The van der Waals surface area contributed by atoms with E-state index >= 15 is 0 Å². The maximum atomic E-state index is 11.6. The first kappa shape index (κ1) is 15.0. The quantitative estimate of drug-likeness (QED) is 0.615. The van der Waals surface area contributed by atoms with Gasteiger partial charge in [0.25, 0.3) is 0 Å². The summed E-state index contributed by atoms with van der Waals surface area (Å²) >= 11 is 0. The van der Waals surface area contributed by atoms with Gasteiger partial charge in [-0.2, -0.15) is 4.68 Å². The second-order valence-electron chi connectivity index (χ2n) is 4.37. The van der Waals surface area contributed by atoms with Crippen LogP contribution in [0, 0.1) is 0 Å². The molecular formula is C14H18N4O3. The first-order valence-electron chi connectivity index (χ1n) is 6.51. The molecule has 0 radical (unpaired) electrons. The van der Waals surface area contributed by atoms with Crippen LogP contribution in [0.3, 0.4) is 0 Å². The molecular weight excluding hydrogens is 272 g/mol. The van der Waals surface area contributed by atoms with Gasteiger partial charge in [-0.15, -0.1) is 5.10 Å². The Morgan fingerprint density at radius 2 is 2.00 bits per heavy atom. The normalized spacial score (nSPS) is 10.4. The predicted octanol–water partition coefficient (Wildman–Crippen LogP) is 1.54. The van der Waals surface area contributed by atoms with Gasteiger partial charge in [0.05, 0.1) is 19.4 Å². The summed E-state index contributed by atoms with van der Waals surface area (Å²) in [4.78, 5) is 11.6. The van der Waals surface area contributed by atoms with Gasteiger partial charge in [0.15, 0.2) is 17.3 Å². The van der Waals surface area contributed by atoms with Crippen molar-refractivity contribution in [3.05, 3.63) is 30.0 Å². The Morgan fingerprint density at radius 1 is 1.29 bits per heavy atom. The molecule has 1 aromatic heterocycles. The van der Waals surface area contributed by atoms with Gasteiger partial charge in [0.1, 0.15) is 5.75 Å². The molecule has 0 saturated heterocycles. The van der Waals surface area contributed by atoms with Crippen LogP contribution in [0.2, 0.25) is 0 Å². The van der Waals surface area contributed by atoms with Gasteiger partial charge in [-0.25, -0.2) is 0 Å². The minimum absolute atomic E-state index is 0.144. The second-order valence-corrected chi connectivity index (χ2v) is 4.37. The minimum Gasteiger partial charge on any atom is -0.497 e. The van der Waals surface area contributed by atoms with Crippen molar-refractivity contribution in [3.63, 3.8) is 0 Å². The number of carbonyl (C=O) groups excluding carboxylic acids is 1. The lowest BCUT2D eigenvalue weighted by atomic mass is 10.3. The lowest BCUT2D eigenvalue weighted by Gasteiger charge is -2.10. The van der Waals surface area contributed by atoms with Crippen LogP contribution in [-0.4, -0.2) is 48.1 Å². The first-order chi connectivity index (χ1) is 10.2. The average Bonchev–Trinajstić information content (AvgIpc) is 2.92. The third-order valence-electron chi connectivity index (χ3n) is 2.92. The number of anilines is 1. The van der Waals surface area contributed by atoms with Gasteiger partial charge in [0.2, 0.25) is 0 Å². The molecule has 2 rings (SSSR count). The Hall–Kier alpha value is -2.41. The first-order valence-corrected chi connectivity index (χ1v) is 6.51. The highest BCUT2D eigenvalue weighted by Gasteiger charge is 2.17. The summed E-state index contributed by atoms with van der Waals surface area (Å²) in [6, 6.07) is 7.34. The van der Waals surface area contributed by atoms with Gasteiger partial charge in [-0.3, -0.25) is 4.79 Å². The minimum atomic E-state index is -0.144. The topological polar surface area (TPSA) is 78.3 Å². The summed E-state index contributed by atoms with van der Waals surface area (Å²) in [7, 11) is 3.22. The third kappa shape index (κ3) is 3.38. The summed E-state index contributed by atoms with van der Waals surface area (Å²) < 4.78 is 11.7. The molecule has 0 aliphatic carbocycles. The number of ketones is 1. The van der Waals surface area contributed by atoms with Crippen molar-refractivity contribution in [3.8, 4) is 11.4 Å². The zero-order valence-electron chi connectivity index (χ0n) is 12.3. The van der Waals surface area contributed by atoms with E-state index in [1.807, 2.05) is 24.3 Å². The zero-order valence-corrected chi connectivity index (χ0v) is 12.3. The average molecular weight is 290 g/mol. The molecule has 7 heteroatoms. The highest BCUT2D eigenvalue weighted by Crippen LogP contribution is 2.20. The van der Waals surface area contributed by atoms with Crippen molar-refractivity contribution in [2.24, 2.45) is 0 Å². The number of methoxy groups -OCH3 is 2. The van der Waals surface area contributed by atoms with E-state index in [1.54, 1.807) is 18.9 Å². The number of hydrogen-bond acceptors (Lipinski definition) is 6. The SMILES string of the molecule is COCCNc1c(C(C)=O)nnn1-c1ccc(OC)cc1. The van der Waals surface area contributed by atoms with Gasteiger partial charge in [-0.05, 0) is 24.3 Å². The molecule has 0 bridgehead atoms. The number of rotatable bonds is 7. The molecule has 0 amide bonds. The molecule has 1 aromatic carbocycles. The van der Waals surface area contributed by atoms with Crippen molar-refractivity contribution in [2.75, 3.05) is 32.7 Å². The fourth-order valence-corrected chi connectivity index (χ4v) is 1.85. The smallest absolute Gasteiger partial charge is 0.183 e. The summed E-state index contributed by atoms with van der Waals surface area (Å²) in [5, 5.41) is 11.1. The molecule has 7 nitrogen and oxygen atoms in total. The summed E-state index contributed by atoms with van der Waals surface area (Å²) in [6.07, 6.45) is 0. The summed E-state index contributed by atoms with van der Waals surface area (Å²) in [5.41, 5.74) is 1.10. The maximum absolute atomic E-state index is 11.6. The summed E-state index contributed by atoms with van der Waals surface area (Å²) in [6.45, 7) is 2.54. The maximum Gasteiger partial charge on any atom is 0.183 e. The van der Waals surface area contributed by atoms with Gasteiger partial charge >= 0.3 is 0 Å². The molecule has 112 valence electrons. The molecule has 0 aliphatic heterocycles. The number of nitrogens with zero attached hydrogens (tertiary/aromatic N) is 3. The van der Waals surface area contributed by atoms with Crippen LogP contribution >= 0.6 is 0 Å². The molecule has 0 saturated carbocycles. The van der Waals surface area contributed by atoms with E-state index in [9.17, 15) is 4.79 Å². The number of hydrogen-bond donors (Lipinski definition) is 1. The number of aromatic nitrogens is 3. The van der Waals surface area contributed by atoms with Crippen LogP contribution < -0.4 is 10.1 Å². The Kier molecular flexibility index (Phi) is 4.89. The van der Waals surface area contributed by atoms with Crippen molar-refractivity contribution in [2.45, 2.75) is 6.92 Å². The van der Waals surface area contributed by atoms with Crippen LogP contribution in [0.4, 0.5) is 5.82 Å². The van der Waals surface area contributed by atoms with E-state index in [0.717, 1.165) is 11.4 Å². The van der Waals surface area contributed by atoms with E-state index in [1.165, 1.54) is 6.92 Å². The Morgan fingerprint density at radius 3 is 2.57 bits per heavy atom. The van der Waals surface area contributed by atoms with E-state index in [0.29, 0.717) is 24.7 Å². The molecule has 1 heterocycles. The fourth-order valence-electron chi connectivity index (χ4n) is 1.85. The van der Waals surface area contributed by atoms with Crippen molar-refractivity contribution in [1.29, 1.82) is 0 Å². The van der Waals surface area contributed by atoms with E-state index < -0.39 is 0 Å². The largest absolute Gasteiger partial charge is 0.497 e. The van der Waals surface area contributed by atoms with Crippen LogP contribution in [0.25, 0.3) is 5.69 Å². The molecule has 0 atom stereocenters. The molecule has 0 aliphatic rings. The summed E-state index contributed by atoms with van der Waals surface area (Å²) in [5.74, 6) is 1.17. The predicted molar refractivity (Wildman–Crippen MR) is 78.3 cm³/mol. The Balaban J connectivity index is 2.34. The number of ether oxygens (including phenoxy) is 2. The number of benzene rings is 1. The van der Waals surface area contributed by atoms with Crippen LogP contribution in [0.1, 0.15) is 17.4 Å². The number of carbonyl (C=O) groups is 1. The lowest BCUT2D eigenvalue weighted by molar-refractivity contribution is 0.101. The van der Waals surface area contributed by atoms with Crippen LogP contribution in [0.15, 0.2) is 24.3 Å². The Labute approximate surface area is 122 Å². The van der Waals surface area contributed by atoms with E-state index in [-0.39, 0.29) is 5.78 Å². The molecule has 21 heavy (non-hydrogen) atoms. The highest BCUT2D eigenvalue weighted by molar-refractivity contribution is 5.96. The third-order valence-corrected chi connectivity index (χ3v) is 2.92. The molecule has 0 unspecified atom stereocenters. The monoisotopic (exact) mass is 290 g/mol. The standard InChI is InChI=1S/C14H18N4O3/c1-10(19)13-14(15-8-9-20-2)18(17-16-13)11-4-6-12(21-3)7-5-11/h4-7,15H,8-9H2,1-3H3. The van der Waals surface area contributed by atoms with Crippen LogP contribution in [0.5, 0.6) is 5.75 Å². The molecule has 0 spiro atoms. The zero-order chi connectivity index (χ0) is 15.2. The molecule has 2 aromatic rings. The number of Topliss-reactive ketones (excluding diaryl/α,β-unsaturated/α-hetero) is 1. The van der Waals surface area contributed by atoms with Gasteiger partial charge < -0.3 is 14.8 Å². The van der Waals surface area contributed by atoms with Crippen molar-refractivity contribution in [1.82, 2.24) is 15.0 Å². The van der Waals surface area contributed by atoms with Gasteiger partial charge in [0, 0.05) is 20.6 Å². The second kappa shape index (κ2) is 6.85. The van der Waals surface area contributed by atoms with Crippen molar-refractivity contribution >= 4 is 11.6 Å². The van der Waals surface area contributed by atoms with Gasteiger partial charge in [-0.1, -0.05) is 5.21 Å². The lowest BCUT2D eigenvalue weighted by Crippen LogP contribution is -2.13. The molecule has 1 N–H and O–H groups in total. The fraction of sp³-hybridized carbons (Fsp3) is 0.357. The number of nitrogens with one attached hydrogen (secondary N) is 1. The van der Waals surface area contributed by atoms with Crippen LogP contribution in [-0.2, 0) is 4.74 Å². The van der Waals surface area contributed by atoms with Crippen molar-refractivity contribution < 1.29 is 14.3 Å². The molecule has 0 fully saturated rings. The Bertz CT molecular complexity index is 607. The van der Waals surface area contributed by atoms with E-state index in [2.05, 4.69) is 15.6 Å².